The molecule has 0 aliphatic carbocycles. The van der Waals surface area contributed by atoms with Gasteiger partial charge in [0.2, 0.25) is 11.8 Å². The lowest BCUT2D eigenvalue weighted by atomic mass is 10.1. The van der Waals surface area contributed by atoms with Crippen LogP contribution in [0.5, 0.6) is 0 Å². The molecule has 0 spiro atoms. The molecule has 1 atom stereocenters. The van der Waals surface area contributed by atoms with Gasteiger partial charge in [-0.1, -0.05) is 42.5 Å². The Morgan fingerprint density at radius 2 is 1.78 bits per heavy atom. The molecule has 5 heteroatoms. The molecule has 1 saturated heterocycles. The second-order valence-electron chi connectivity index (χ2n) is 7.48. The van der Waals surface area contributed by atoms with Gasteiger partial charge in [-0.3, -0.25) is 4.90 Å². The monoisotopic (exact) mass is 362 g/mol. The van der Waals surface area contributed by atoms with Gasteiger partial charge >= 0.3 is 0 Å². The first kappa shape index (κ1) is 17.7. The van der Waals surface area contributed by atoms with Gasteiger partial charge in [-0.15, -0.1) is 10.2 Å². The fourth-order valence-corrected chi connectivity index (χ4v) is 3.61. The van der Waals surface area contributed by atoms with E-state index < -0.39 is 0 Å². The molecule has 0 bridgehead atoms. The number of hydrogen-bond donors (Lipinski definition) is 0. The van der Waals surface area contributed by atoms with Crippen molar-refractivity contribution in [2.24, 2.45) is 0 Å². The fraction of sp³-hybridized carbons (Fsp3) is 0.364. The summed E-state index contributed by atoms with van der Waals surface area (Å²) in [5, 5.41) is 8.57. The Labute approximate surface area is 160 Å². The summed E-state index contributed by atoms with van der Waals surface area (Å²) < 4.78 is 5.96. The molecule has 1 fully saturated rings. The Kier molecular flexibility index (Phi) is 5.21. The molecular weight excluding hydrogens is 336 g/mol. The van der Waals surface area contributed by atoms with Crippen LogP contribution in [0, 0.1) is 0 Å². The second-order valence-corrected chi connectivity index (χ2v) is 7.48. The van der Waals surface area contributed by atoms with Crippen molar-refractivity contribution in [3.05, 3.63) is 77.5 Å². The van der Waals surface area contributed by atoms with E-state index in [1.165, 1.54) is 16.8 Å². The standard InChI is InChI=1S/C22H26N4O/c1-25(2)20-10-8-18(9-11-20)15-26-13-12-19(16-26)22-24-23-21(27-22)14-17-6-4-3-5-7-17/h3-11,19H,12-16H2,1-2H3/t19-/m0/s1. The lowest BCUT2D eigenvalue weighted by molar-refractivity contribution is 0.318. The number of benzene rings is 2. The number of likely N-dealkylation sites (tertiary alicyclic amines) is 1. The number of hydrogen-bond acceptors (Lipinski definition) is 5. The van der Waals surface area contributed by atoms with Crippen LogP contribution in [0.15, 0.2) is 59.0 Å². The molecule has 1 aliphatic heterocycles. The van der Waals surface area contributed by atoms with Crippen LogP contribution in [0.2, 0.25) is 0 Å². The third-order valence-electron chi connectivity index (χ3n) is 5.16. The second kappa shape index (κ2) is 7.92. The maximum atomic E-state index is 5.96. The Balaban J connectivity index is 1.34. The molecule has 27 heavy (non-hydrogen) atoms. The highest BCUT2D eigenvalue weighted by molar-refractivity contribution is 5.46. The average Bonchev–Trinajstić information content (AvgIpc) is 3.32. The molecule has 5 nitrogen and oxygen atoms in total. The molecule has 0 N–H and O–H groups in total. The lowest BCUT2D eigenvalue weighted by Gasteiger charge is -2.17. The van der Waals surface area contributed by atoms with E-state index in [2.05, 4.69) is 70.5 Å². The topological polar surface area (TPSA) is 45.4 Å². The van der Waals surface area contributed by atoms with Crippen LogP contribution in [-0.4, -0.2) is 42.3 Å². The molecule has 140 valence electrons. The van der Waals surface area contributed by atoms with Gasteiger partial charge < -0.3 is 9.32 Å². The van der Waals surface area contributed by atoms with Crippen molar-refractivity contribution in [3.63, 3.8) is 0 Å². The first-order valence-corrected chi connectivity index (χ1v) is 9.52. The summed E-state index contributed by atoms with van der Waals surface area (Å²) in [5.41, 5.74) is 3.77. The van der Waals surface area contributed by atoms with Crippen LogP contribution >= 0.6 is 0 Å². The van der Waals surface area contributed by atoms with Crippen LogP contribution in [0.4, 0.5) is 5.69 Å². The zero-order valence-electron chi connectivity index (χ0n) is 16.0. The summed E-state index contributed by atoms with van der Waals surface area (Å²) in [7, 11) is 4.13. The summed E-state index contributed by atoms with van der Waals surface area (Å²) in [4.78, 5) is 4.59. The minimum Gasteiger partial charge on any atom is -0.425 e. The first-order valence-electron chi connectivity index (χ1n) is 9.52. The van der Waals surface area contributed by atoms with E-state index in [0.29, 0.717) is 18.2 Å². The highest BCUT2D eigenvalue weighted by Crippen LogP contribution is 2.28. The third kappa shape index (κ3) is 4.37. The number of nitrogens with zero attached hydrogens (tertiary/aromatic N) is 4. The predicted octanol–water partition coefficient (Wildman–Crippen LogP) is 3.72. The molecule has 2 aromatic carbocycles. The van der Waals surface area contributed by atoms with Gasteiger partial charge in [-0.25, -0.2) is 0 Å². The van der Waals surface area contributed by atoms with E-state index in [1.807, 2.05) is 18.2 Å². The van der Waals surface area contributed by atoms with Crippen molar-refractivity contribution in [3.8, 4) is 0 Å². The average molecular weight is 362 g/mol. The minimum atomic E-state index is 0.336. The van der Waals surface area contributed by atoms with Gasteiger partial charge in [0.05, 0.1) is 12.3 Å². The molecule has 0 saturated carbocycles. The largest absolute Gasteiger partial charge is 0.425 e. The van der Waals surface area contributed by atoms with Crippen LogP contribution in [0.1, 0.15) is 35.2 Å². The van der Waals surface area contributed by atoms with E-state index in [4.69, 9.17) is 4.42 Å². The normalized spacial score (nSPS) is 17.3. The molecule has 4 rings (SSSR count). The summed E-state index contributed by atoms with van der Waals surface area (Å²) in [6.45, 7) is 3.01. The van der Waals surface area contributed by atoms with Gasteiger partial charge in [-0.2, -0.15) is 0 Å². The van der Waals surface area contributed by atoms with Crippen LogP contribution in [0.25, 0.3) is 0 Å². The van der Waals surface area contributed by atoms with Crippen molar-refractivity contribution >= 4 is 5.69 Å². The van der Waals surface area contributed by atoms with Crippen LogP contribution < -0.4 is 4.90 Å². The molecule has 2 heterocycles. The van der Waals surface area contributed by atoms with E-state index in [9.17, 15) is 0 Å². The van der Waals surface area contributed by atoms with E-state index in [0.717, 1.165) is 31.9 Å². The molecule has 3 aromatic rings. The molecule has 0 amide bonds. The van der Waals surface area contributed by atoms with Gasteiger partial charge in [0, 0.05) is 32.9 Å². The third-order valence-corrected chi connectivity index (χ3v) is 5.16. The zero-order chi connectivity index (χ0) is 18.6. The van der Waals surface area contributed by atoms with Gasteiger partial charge in [-0.05, 0) is 36.2 Å². The quantitative estimate of drug-likeness (QED) is 0.669. The predicted molar refractivity (Wildman–Crippen MR) is 107 cm³/mol. The fourth-order valence-electron chi connectivity index (χ4n) is 3.61. The summed E-state index contributed by atoms with van der Waals surface area (Å²) >= 11 is 0. The van der Waals surface area contributed by atoms with Crippen molar-refractivity contribution in [1.82, 2.24) is 15.1 Å². The zero-order valence-corrected chi connectivity index (χ0v) is 16.0. The van der Waals surface area contributed by atoms with E-state index in [1.54, 1.807) is 0 Å². The maximum Gasteiger partial charge on any atom is 0.220 e. The minimum absolute atomic E-state index is 0.336. The molecule has 1 aromatic heterocycles. The van der Waals surface area contributed by atoms with Crippen LogP contribution in [-0.2, 0) is 13.0 Å². The SMILES string of the molecule is CN(C)c1ccc(CN2CC[C@H](c3nnc(Cc4ccccc4)o3)C2)cc1. The maximum absolute atomic E-state index is 5.96. The molecule has 1 aliphatic rings. The molecule has 0 unspecified atom stereocenters. The number of rotatable bonds is 6. The van der Waals surface area contributed by atoms with Gasteiger partial charge in [0.25, 0.3) is 0 Å². The Bertz CT molecular complexity index is 858. The summed E-state index contributed by atoms with van der Waals surface area (Å²) in [6.07, 6.45) is 1.77. The van der Waals surface area contributed by atoms with Crippen LogP contribution in [0.3, 0.4) is 0 Å². The van der Waals surface area contributed by atoms with Gasteiger partial charge in [0.15, 0.2) is 0 Å². The number of aromatic nitrogens is 2. The highest BCUT2D eigenvalue weighted by Gasteiger charge is 2.28. The van der Waals surface area contributed by atoms with Crippen molar-refractivity contribution in [2.75, 3.05) is 32.1 Å². The highest BCUT2D eigenvalue weighted by atomic mass is 16.4. The van der Waals surface area contributed by atoms with Gasteiger partial charge in [0.1, 0.15) is 0 Å². The summed E-state index contributed by atoms with van der Waals surface area (Å²) in [6, 6.07) is 19.0. The van der Waals surface area contributed by atoms with Crippen molar-refractivity contribution in [1.29, 1.82) is 0 Å². The molecular formula is C22H26N4O. The Hall–Kier alpha value is -2.66. The van der Waals surface area contributed by atoms with Crippen molar-refractivity contribution in [2.45, 2.75) is 25.3 Å². The Morgan fingerprint density at radius 3 is 2.52 bits per heavy atom. The summed E-state index contributed by atoms with van der Waals surface area (Å²) in [5.74, 6) is 1.82. The Morgan fingerprint density at radius 1 is 1.00 bits per heavy atom. The van der Waals surface area contributed by atoms with E-state index >= 15 is 0 Å². The van der Waals surface area contributed by atoms with E-state index in [-0.39, 0.29) is 0 Å². The molecule has 0 radical (unpaired) electrons. The van der Waals surface area contributed by atoms with Crippen molar-refractivity contribution < 1.29 is 4.42 Å². The smallest absolute Gasteiger partial charge is 0.220 e. The first-order chi connectivity index (χ1) is 13.2. The number of anilines is 1. The lowest BCUT2D eigenvalue weighted by Crippen LogP contribution is -2.20.